The average Bonchev–Trinajstić information content (AvgIpc) is 3.00. The summed E-state index contributed by atoms with van der Waals surface area (Å²) in [7, 11) is 0. The van der Waals surface area contributed by atoms with Gasteiger partial charge in [0.1, 0.15) is 12.1 Å². The second-order valence-corrected chi connectivity index (χ2v) is 7.94. The van der Waals surface area contributed by atoms with Crippen LogP contribution in [0.2, 0.25) is 0 Å². The van der Waals surface area contributed by atoms with Crippen LogP contribution in [0.1, 0.15) is 24.0 Å². The fraction of sp³-hybridized carbons (Fsp3) is 0.409. The number of benzene rings is 2. The number of nitrogens with one attached hydrogen (secondary N) is 1. The van der Waals surface area contributed by atoms with Crippen LogP contribution in [-0.4, -0.2) is 40.9 Å². The van der Waals surface area contributed by atoms with Gasteiger partial charge in [-0.1, -0.05) is 42.0 Å². The minimum atomic E-state index is 0.619. The van der Waals surface area contributed by atoms with E-state index in [0.717, 1.165) is 36.6 Å². The number of likely N-dealkylation sites (tertiary alicyclic amines) is 1. The van der Waals surface area contributed by atoms with Crippen LogP contribution in [0, 0.1) is 17.6 Å². The van der Waals surface area contributed by atoms with Crippen molar-refractivity contribution in [2.24, 2.45) is 5.92 Å². The first kappa shape index (κ1) is 18.3. The zero-order chi connectivity index (χ0) is 18.6. The molecule has 3 aromatic rings. The Hall–Kier alpha value is -2.11. The molecule has 1 aliphatic rings. The standard InChI is InChI=1S/C22H27N3OS/c1-17-6-8-18(9-7-17)16-19-10-12-24(13-11-19)14-15-26-25-21-5-3-2-4-20(21)23-22(25)27/h2-9,19H,10-16H2,1H3,(H,23,27). The smallest absolute Gasteiger partial charge is 0.212 e. The van der Waals surface area contributed by atoms with Gasteiger partial charge in [-0.15, -0.1) is 0 Å². The summed E-state index contributed by atoms with van der Waals surface area (Å²) < 4.78 is 2.36. The van der Waals surface area contributed by atoms with Gasteiger partial charge < -0.3 is 9.82 Å². The number of H-pyrrole nitrogens is 1. The second-order valence-electron chi connectivity index (χ2n) is 7.55. The van der Waals surface area contributed by atoms with Crippen LogP contribution in [-0.2, 0) is 6.42 Å². The zero-order valence-electron chi connectivity index (χ0n) is 15.9. The van der Waals surface area contributed by atoms with Gasteiger partial charge >= 0.3 is 0 Å². The molecule has 1 fully saturated rings. The molecule has 1 saturated heterocycles. The number of nitrogens with zero attached hydrogens (tertiary/aromatic N) is 2. The Morgan fingerprint density at radius 3 is 2.59 bits per heavy atom. The Morgan fingerprint density at radius 2 is 1.81 bits per heavy atom. The fourth-order valence-corrected chi connectivity index (χ4v) is 4.15. The highest BCUT2D eigenvalue weighted by Gasteiger charge is 2.19. The molecule has 0 unspecified atom stereocenters. The molecular formula is C22H27N3OS. The van der Waals surface area contributed by atoms with Gasteiger partial charge in [0.05, 0.1) is 5.52 Å². The highest BCUT2D eigenvalue weighted by molar-refractivity contribution is 7.71. The Balaban J connectivity index is 1.24. The summed E-state index contributed by atoms with van der Waals surface area (Å²) >= 11 is 5.38. The Labute approximate surface area is 165 Å². The van der Waals surface area contributed by atoms with Crippen LogP contribution < -0.4 is 4.84 Å². The van der Waals surface area contributed by atoms with Crippen molar-refractivity contribution in [2.75, 3.05) is 26.2 Å². The number of aromatic nitrogens is 2. The number of aromatic amines is 1. The van der Waals surface area contributed by atoms with Gasteiger partial charge in [-0.25, -0.2) is 0 Å². The molecule has 27 heavy (non-hydrogen) atoms. The Morgan fingerprint density at radius 1 is 1.07 bits per heavy atom. The molecule has 4 rings (SSSR count). The molecule has 2 aromatic carbocycles. The van der Waals surface area contributed by atoms with Crippen LogP contribution in [0.3, 0.4) is 0 Å². The first-order valence-corrected chi connectivity index (χ1v) is 10.2. The number of rotatable bonds is 6. The lowest BCUT2D eigenvalue weighted by Crippen LogP contribution is -2.37. The van der Waals surface area contributed by atoms with Crippen molar-refractivity contribution in [2.45, 2.75) is 26.2 Å². The molecule has 1 N–H and O–H groups in total. The van der Waals surface area contributed by atoms with Crippen LogP contribution in [0.5, 0.6) is 0 Å². The van der Waals surface area contributed by atoms with Crippen LogP contribution >= 0.6 is 12.2 Å². The summed E-state index contributed by atoms with van der Waals surface area (Å²) in [6.45, 7) is 6.05. The third-order valence-electron chi connectivity index (χ3n) is 5.53. The van der Waals surface area contributed by atoms with E-state index in [0.29, 0.717) is 11.4 Å². The minimum Gasteiger partial charge on any atom is -0.410 e. The molecular weight excluding hydrogens is 354 g/mol. The van der Waals surface area contributed by atoms with E-state index in [2.05, 4.69) is 41.1 Å². The first-order chi connectivity index (χ1) is 13.2. The number of aryl methyl sites for hydroxylation is 1. The maximum absolute atomic E-state index is 5.97. The maximum atomic E-state index is 5.97. The van der Waals surface area contributed by atoms with Crippen molar-refractivity contribution in [1.29, 1.82) is 0 Å². The van der Waals surface area contributed by atoms with Gasteiger partial charge in [0.25, 0.3) is 0 Å². The molecule has 0 bridgehead atoms. The highest BCUT2D eigenvalue weighted by atomic mass is 32.1. The molecule has 0 spiro atoms. The summed E-state index contributed by atoms with van der Waals surface area (Å²) in [5.74, 6) is 0.798. The molecule has 0 atom stereocenters. The molecule has 142 valence electrons. The molecule has 1 aliphatic heterocycles. The topological polar surface area (TPSA) is 33.2 Å². The predicted molar refractivity (Wildman–Crippen MR) is 113 cm³/mol. The fourth-order valence-electron chi connectivity index (χ4n) is 3.89. The third-order valence-corrected chi connectivity index (χ3v) is 5.80. The predicted octanol–water partition coefficient (Wildman–Crippen LogP) is 4.39. The Bertz CT molecular complexity index is 936. The van der Waals surface area contributed by atoms with E-state index in [1.54, 1.807) is 4.73 Å². The van der Waals surface area contributed by atoms with Gasteiger partial charge in [-0.05, 0) is 75.1 Å². The SMILES string of the molecule is Cc1ccc(CC2CCN(CCOn3c(=S)[nH]c4ccccc43)CC2)cc1. The zero-order valence-corrected chi connectivity index (χ0v) is 16.7. The summed E-state index contributed by atoms with van der Waals surface area (Å²) in [5.41, 5.74) is 4.82. The van der Waals surface area contributed by atoms with E-state index in [9.17, 15) is 0 Å². The summed E-state index contributed by atoms with van der Waals surface area (Å²) in [5, 5.41) is 0. The number of para-hydroxylation sites is 2. The van der Waals surface area contributed by atoms with Crippen molar-refractivity contribution in [3.8, 4) is 0 Å². The van der Waals surface area contributed by atoms with Crippen LogP contribution in [0.4, 0.5) is 0 Å². The second kappa shape index (κ2) is 8.28. The van der Waals surface area contributed by atoms with E-state index in [1.807, 2.05) is 24.3 Å². The molecule has 0 radical (unpaired) electrons. The number of hydrogen-bond donors (Lipinski definition) is 1. The quantitative estimate of drug-likeness (QED) is 0.643. The molecule has 0 aliphatic carbocycles. The lowest BCUT2D eigenvalue weighted by molar-refractivity contribution is 0.0780. The molecule has 1 aromatic heterocycles. The van der Waals surface area contributed by atoms with Crippen molar-refractivity contribution >= 4 is 23.3 Å². The van der Waals surface area contributed by atoms with Crippen molar-refractivity contribution in [3.05, 3.63) is 64.4 Å². The lowest BCUT2D eigenvalue weighted by Gasteiger charge is -2.31. The first-order valence-electron chi connectivity index (χ1n) is 9.80. The average molecular weight is 382 g/mol. The highest BCUT2D eigenvalue weighted by Crippen LogP contribution is 2.21. The van der Waals surface area contributed by atoms with Gasteiger partial charge in [-0.3, -0.25) is 4.90 Å². The van der Waals surface area contributed by atoms with E-state index in [-0.39, 0.29) is 0 Å². The monoisotopic (exact) mass is 381 g/mol. The van der Waals surface area contributed by atoms with Gasteiger partial charge in [0.2, 0.25) is 4.77 Å². The number of piperidine rings is 1. The normalized spacial score (nSPS) is 16.0. The van der Waals surface area contributed by atoms with Crippen LogP contribution in [0.25, 0.3) is 11.0 Å². The van der Waals surface area contributed by atoms with Crippen molar-refractivity contribution in [3.63, 3.8) is 0 Å². The van der Waals surface area contributed by atoms with E-state index < -0.39 is 0 Å². The third kappa shape index (κ3) is 4.42. The minimum absolute atomic E-state index is 0.619. The molecule has 2 heterocycles. The van der Waals surface area contributed by atoms with E-state index >= 15 is 0 Å². The van der Waals surface area contributed by atoms with E-state index in [1.165, 1.54) is 30.4 Å². The summed E-state index contributed by atoms with van der Waals surface area (Å²) in [6.07, 6.45) is 3.73. The van der Waals surface area contributed by atoms with Gasteiger partial charge in [0.15, 0.2) is 0 Å². The molecule has 4 nitrogen and oxygen atoms in total. The summed E-state index contributed by atoms with van der Waals surface area (Å²) in [4.78, 5) is 11.7. The van der Waals surface area contributed by atoms with Crippen molar-refractivity contribution < 1.29 is 4.84 Å². The number of hydrogen-bond acceptors (Lipinski definition) is 3. The number of imidazole rings is 1. The van der Waals surface area contributed by atoms with Gasteiger partial charge in [-0.2, -0.15) is 4.73 Å². The molecule has 5 heteroatoms. The van der Waals surface area contributed by atoms with Gasteiger partial charge in [0, 0.05) is 6.54 Å². The number of fused-ring (bicyclic) bond motifs is 1. The van der Waals surface area contributed by atoms with E-state index in [4.69, 9.17) is 17.1 Å². The van der Waals surface area contributed by atoms with Crippen LogP contribution in [0.15, 0.2) is 48.5 Å². The Kier molecular flexibility index (Phi) is 5.60. The summed E-state index contributed by atoms with van der Waals surface area (Å²) in [6, 6.07) is 17.0. The van der Waals surface area contributed by atoms with Crippen molar-refractivity contribution in [1.82, 2.24) is 14.6 Å². The lowest BCUT2D eigenvalue weighted by atomic mass is 9.90. The largest absolute Gasteiger partial charge is 0.410 e. The maximum Gasteiger partial charge on any atom is 0.212 e. The molecule has 0 saturated carbocycles. The molecule has 0 amide bonds.